The van der Waals surface area contributed by atoms with Gasteiger partial charge in [-0.25, -0.2) is 9.67 Å². The summed E-state index contributed by atoms with van der Waals surface area (Å²) in [6.07, 6.45) is 1.69. The van der Waals surface area contributed by atoms with Gasteiger partial charge in [0.25, 0.3) is 5.91 Å². The molecule has 1 amide bonds. The van der Waals surface area contributed by atoms with E-state index in [1.807, 2.05) is 38.1 Å². The average molecular weight is 413 g/mol. The maximum atomic E-state index is 12.5. The van der Waals surface area contributed by atoms with Crippen LogP contribution in [0, 0.1) is 13.8 Å². The molecule has 0 spiro atoms. The minimum Gasteiger partial charge on any atom is -0.471 e. The van der Waals surface area contributed by atoms with Crippen LogP contribution in [0.25, 0.3) is 10.2 Å². The van der Waals surface area contributed by atoms with Gasteiger partial charge in [-0.2, -0.15) is 5.10 Å². The molecule has 0 saturated carbocycles. The molecule has 4 aromatic rings. The Morgan fingerprint density at radius 1 is 1.21 bits per heavy atom. The van der Waals surface area contributed by atoms with Gasteiger partial charge in [0, 0.05) is 11.2 Å². The third-order valence-corrected chi connectivity index (χ3v) is 5.57. The van der Waals surface area contributed by atoms with Crippen LogP contribution in [0.5, 0.6) is 5.75 Å². The van der Waals surface area contributed by atoms with Crippen LogP contribution in [0.2, 0.25) is 5.02 Å². The quantitative estimate of drug-likeness (QED) is 0.498. The average Bonchev–Trinajstić information content (AvgIpc) is 3.30. The second-order valence-corrected chi connectivity index (χ2v) is 7.76. The molecule has 2 heterocycles. The van der Waals surface area contributed by atoms with Crippen molar-refractivity contribution in [3.05, 3.63) is 70.5 Å². The van der Waals surface area contributed by atoms with Gasteiger partial charge in [-0.3, -0.25) is 10.1 Å². The fourth-order valence-corrected chi connectivity index (χ4v) is 3.76. The summed E-state index contributed by atoms with van der Waals surface area (Å²) in [5.74, 6) is 0.381. The lowest BCUT2D eigenvalue weighted by Gasteiger charge is -2.07. The van der Waals surface area contributed by atoms with Gasteiger partial charge in [-0.1, -0.05) is 35.1 Å². The number of nitrogens with one attached hydrogen (secondary N) is 1. The number of aryl methyl sites for hydroxylation is 2. The molecule has 0 aliphatic heterocycles. The molecule has 0 radical (unpaired) electrons. The highest BCUT2D eigenvalue weighted by molar-refractivity contribution is 7.22. The normalized spacial score (nSPS) is 11.0. The highest BCUT2D eigenvalue weighted by atomic mass is 35.5. The van der Waals surface area contributed by atoms with Gasteiger partial charge in [0.1, 0.15) is 5.75 Å². The van der Waals surface area contributed by atoms with Gasteiger partial charge in [0.2, 0.25) is 0 Å². The van der Waals surface area contributed by atoms with E-state index in [0.29, 0.717) is 21.6 Å². The van der Waals surface area contributed by atoms with Gasteiger partial charge in [-0.05, 0) is 55.3 Å². The number of fused-ring (bicyclic) bond motifs is 1. The third kappa shape index (κ3) is 3.85. The lowest BCUT2D eigenvalue weighted by molar-refractivity contribution is 0.102. The Morgan fingerprint density at radius 2 is 2.07 bits per heavy atom. The summed E-state index contributed by atoms with van der Waals surface area (Å²) in [6, 6.07) is 13.0. The molecule has 8 heteroatoms. The van der Waals surface area contributed by atoms with Crippen LogP contribution in [0.1, 0.15) is 21.6 Å². The molecule has 0 aliphatic rings. The van der Waals surface area contributed by atoms with E-state index >= 15 is 0 Å². The van der Waals surface area contributed by atoms with E-state index in [9.17, 15) is 4.79 Å². The zero-order chi connectivity index (χ0) is 19.7. The Labute approximate surface area is 170 Å². The van der Waals surface area contributed by atoms with Crippen LogP contribution >= 0.6 is 22.9 Å². The number of carbonyl (C=O) groups excluding carboxylic acids is 1. The molecule has 2 aromatic carbocycles. The number of halogens is 1. The number of rotatable bonds is 5. The van der Waals surface area contributed by atoms with Gasteiger partial charge in [-0.15, -0.1) is 0 Å². The first-order chi connectivity index (χ1) is 13.5. The topological polar surface area (TPSA) is 69.0 Å². The smallest absolute Gasteiger partial charge is 0.277 e. The molecule has 4 rings (SSSR count). The molecule has 1 N–H and O–H groups in total. The molecule has 2 aromatic heterocycles. The molecule has 0 fully saturated rings. The summed E-state index contributed by atoms with van der Waals surface area (Å²) in [4.78, 5) is 17.0. The monoisotopic (exact) mass is 412 g/mol. The van der Waals surface area contributed by atoms with Crippen LogP contribution in [-0.2, 0) is 6.73 Å². The van der Waals surface area contributed by atoms with E-state index in [1.54, 1.807) is 29.1 Å². The molecule has 28 heavy (non-hydrogen) atoms. The first-order valence-corrected chi connectivity index (χ1v) is 9.79. The summed E-state index contributed by atoms with van der Waals surface area (Å²) in [6.45, 7) is 4.10. The lowest BCUT2D eigenvalue weighted by atomic mass is 10.2. The van der Waals surface area contributed by atoms with E-state index in [1.165, 1.54) is 11.3 Å². The minimum absolute atomic E-state index is 0.189. The Kier molecular flexibility index (Phi) is 5.02. The van der Waals surface area contributed by atoms with E-state index in [0.717, 1.165) is 21.3 Å². The molecular weight excluding hydrogens is 396 g/mol. The number of amides is 1. The number of aromatic nitrogens is 3. The molecule has 0 bridgehead atoms. The Balaban J connectivity index is 1.42. The van der Waals surface area contributed by atoms with Crippen molar-refractivity contribution in [2.45, 2.75) is 20.6 Å². The molecule has 0 unspecified atom stereocenters. The van der Waals surface area contributed by atoms with Crippen LogP contribution in [-0.4, -0.2) is 20.7 Å². The molecule has 0 saturated heterocycles. The van der Waals surface area contributed by atoms with E-state index in [2.05, 4.69) is 15.4 Å². The molecule has 0 atom stereocenters. The molecule has 142 valence electrons. The van der Waals surface area contributed by atoms with Crippen LogP contribution in [0.3, 0.4) is 0 Å². The van der Waals surface area contributed by atoms with E-state index in [-0.39, 0.29) is 12.6 Å². The maximum absolute atomic E-state index is 12.5. The summed E-state index contributed by atoms with van der Waals surface area (Å²) >= 11 is 7.45. The predicted molar refractivity (Wildman–Crippen MR) is 111 cm³/mol. The fraction of sp³-hybridized carbons (Fsp3) is 0.150. The number of carbonyl (C=O) groups is 1. The van der Waals surface area contributed by atoms with Crippen molar-refractivity contribution in [2.75, 3.05) is 5.32 Å². The van der Waals surface area contributed by atoms with Crippen LogP contribution in [0.4, 0.5) is 5.13 Å². The van der Waals surface area contributed by atoms with Crippen molar-refractivity contribution in [2.24, 2.45) is 0 Å². The first-order valence-electron chi connectivity index (χ1n) is 8.59. The second kappa shape index (κ2) is 7.61. The summed E-state index contributed by atoms with van der Waals surface area (Å²) in [7, 11) is 0. The van der Waals surface area contributed by atoms with Crippen molar-refractivity contribution in [3.8, 4) is 5.75 Å². The zero-order valence-electron chi connectivity index (χ0n) is 15.3. The van der Waals surface area contributed by atoms with Crippen molar-refractivity contribution in [1.82, 2.24) is 14.8 Å². The lowest BCUT2D eigenvalue weighted by Crippen LogP contribution is -2.14. The number of thiazole rings is 1. The van der Waals surface area contributed by atoms with E-state index < -0.39 is 0 Å². The Hall–Kier alpha value is -2.90. The molecule has 0 aliphatic carbocycles. The minimum atomic E-state index is -0.308. The van der Waals surface area contributed by atoms with E-state index in [4.69, 9.17) is 16.3 Å². The van der Waals surface area contributed by atoms with Crippen LogP contribution < -0.4 is 10.1 Å². The summed E-state index contributed by atoms with van der Waals surface area (Å²) in [5.41, 5.74) is 3.21. The zero-order valence-corrected chi connectivity index (χ0v) is 16.8. The Bertz CT molecular complexity index is 1170. The van der Waals surface area contributed by atoms with Gasteiger partial charge in [0.05, 0.1) is 10.2 Å². The first kappa shape index (κ1) is 18.5. The third-order valence-electron chi connectivity index (χ3n) is 4.21. The SMILES string of the molecule is Cc1cc(OCn2ccc(C(=O)Nc3nc4c(C)cccc4s3)n2)ccc1Cl. The van der Waals surface area contributed by atoms with Crippen molar-refractivity contribution in [3.63, 3.8) is 0 Å². The summed E-state index contributed by atoms with van der Waals surface area (Å²) in [5, 5.41) is 8.32. The maximum Gasteiger partial charge on any atom is 0.277 e. The number of hydrogen-bond donors (Lipinski definition) is 1. The highest BCUT2D eigenvalue weighted by Crippen LogP contribution is 2.28. The highest BCUT2D eigenvalue weighted by Gasteiger charge is 2.13. The van der Waals surface area contributed by atoms with Crippen molar-refractivity contribution in [1.29, 1.82) is 0 Å². The second-order valence-electron chi connectivity index (χ2n) is 6.32. The number of para-hydroxylation sites is 1. The largest absolute Gasteiger partial charge is 0.471 e. The number of benzene rings is 2. The van der Waals surface area contributed by atoms with Gasteiger partial charge < -0.3 is 4.74 Å². The number of hydrogen-bond acceptors (Lipinski definition) is 5. The summed E-state index contributed by atoms with van der Waals surface area (Å²) < 4.78 is 8.28. The number of anilines is 1. The number of ether oxygens (including phenoxy) is 1. The Morgan fingerprint density at radius 3 is 2.86 bits per heavy atom. The fourth-order valence-electron chi connectivity index (χ4n) is 2.70. The van der Waals surface area contributed by atoms with Crippen molar-refractivity contribution >= 4 is 44.2 Å². The molecule has 6 nitrogen and oxygen atoms in total. The van der Waals surface area contributed by atoms with Crippen molar-refractivity contribution < 1.29 is 9.53 Å². The van der Waals surface area contributed by atoms with Gasteiger partial charge in [0.15, 0.2) is 17.6 Å². The standard InChI is InChI=1S/C20H17ClN4O2S/c1-12-4-3-5-17-18(12)22-20(28-17)23-19(26)16-8-9-25(24-16)11-27-14-6-7-15(21)13(2)10-14/h3-10H,11H2,1-2H3,(H,22,23,26). The predicted octanol–water partition coefficient (Wildman–Crippen LogP) is 5.05. The number of nitrogens with zero attached hydrogens (tertiary/aromatic N) is 3. The molecular formula is C20H17ClN4O2S. The van der Waals surface area contributed by atoms with Gasteiger partial charge >= 0.3 is 0 Å². The van der Waals surface area contributed by atoms with Crippen LogP contribution in [0.15, 0.2) is 48.7 Å².